The molecular weight excluding hydrogens is 148 g/mol. The smallest absolute Gasteiger partial charge is 0.0573 e. The summed E-state index contributed by atoms with van der Waals surface area (Å²) >= 11 is 0. The zero-order valence-electron chi connectivity index (χ0n) is 8.80. The number of hydrogen-bond acceptors (Lipinski definition) is 1. The molecule has 2 atom stereocenters. The molecule has 0 aromatic rings. The predicted octanol–water partition coefficient (Wildman–Crippen LogP) is 2.83. The first-order chi connectivity index (χ1) is 5.43. The van der Waals surface area contributed by atoms with E-state index in [2.05, 4.69) is 27.7 Å². The van der Waals surface area contributed by atoms with Crippen LogP contribution in [0.25, 0.3) is 0 Å². The van der Waals surface area contributed by atoms with E-state index in [1.807, 2.05) is 0 Å². The van der Waals surface area contributed by atoms with Crippen LogP contribution in [0.5, 0.6) is 0 Å². The molecule has 1 aliphatic rings. The third-order valence-corrected chi connectivity index (χ3v) is 3.09. The third kappa shape index (κ3) is 2.48. The van der Waals surface area contributed by atoms with Crippen LogP contribution in [0.1, 0.15) is 47.0 Å². The van der Waals surface area contributed by atoms with Gasteiger partial charge in [0.25, 0.3) is 0 Å². The van der Waals surface area contributed by atoms with Gasteiger partial charge in [-0.1, -0.05) is 27.7 Å². The zero-order chi connectivity index (χ0) is 9.35. The van der Waals surface area contributed by atoms with E-state index in [9.17, 15) is 5.11 Å². The molecule has 1 rings (SSSR count). The van der Waals surface area contributed by atoms with Crippen molar-refractivity contribution in [3.05, 3.63) is 0 Å². The van der Waals surface area contributed by atoms with Crippen LogP contribution in [-0.2, 0) is 0 Å². The van der Waals surface area contributed by atoms with E-state index in [0.717, 1.165) is 18.8 Å². The molecule has 0 aromatic carbocycles. The summed E-state index contributed by atoms with van der Waals surface area (Å²) in [6.45, 7) is 8.92. The van der Waals surface area contributed by atoms with Crippen molar-refractivity contribution in [2.24, 2.45) is 17.3 Å². The molecule has 1 saturated carbocycles. The molecule has 0 amide bonds. The SMILES string of the molecule is CC(C)CCC(O)C1CC1(C)C. The lowest BCUT2D eigenvalue weighted by Gasteiger charge is -2.13. The normalized spacial score (nSPS) is 29.0. The first-order valence-electron chi connectivity index (χ1n) is 5.11. The minimum absolute atomic E-state index is 0.0394. The summed E-state index contributed by atoms with van der Waals surface area (Å²) in [4.78, 5) is 0. The molecule has 0 bridgehead atoms. The molecule has 1 nitrogen and oxygen atoms in total. The third-order valence-electron chi connectivity index (χ3n) is 3.09. The summed E-state index contributed by atoms with van der Waals surface area (Å²) < 4.78 is 0. The number of rotatable bonds is 4. The van der Waals surface area contributed by atoms with E-state index >= 15 is 0 Å². The fourth-order valence-electron chi connectivity index (χ4n) is 1.87. The molecule has 1 fully saturated rings. The number of aliphatic hydroxyl groups excluding tert-OH is 1. The molecule has 1 N–H and O–H groups in total. The van der Waals surface area contributed by atoms with E-state index in [1.54, 1.807) is 0 Å². The van der Waals surface area contributed by atoms with Gasteiger partial charge in [0, 0.05) is 0 Å². The lowest BCUT2D eigenvalue weighted by atomic mass is 9.99. The minimum Gasteiger partial charge on any atom is -0.393 e. The van der Waals surface area contributed by atoms with Gasteiger partial charge >= 0.3 is 0 Å². The highest BCUT2D eigenvalue weighted by atomic mass is 16.3. The van der Waals surface area contributed by atoms with Crippen LogP contribution in [0.4, 0.5) is 0 Å². The zero-order valence-corrected chi connectivity index (χ0v) is 8.80. The first-order valence-corrected chi connectivity index (χ1v) is 5.11. The van der Waals surface area contributed by atoms with E-state index in [-0.39, 0.29) is 6.10 Å². The Morgan fingerprint density at radius 3 is 2.17 bits per heavy atom. The minimum atomic E-state index is -0.0394. The molecule has 1 heteroatoms. The molecule has 72 valence electrons. The Hall–Kier alpha value is -0.0400. The van der Waals surface area contributed by atoms with Crippen molar-refractivity contribution in [3.8, 4) is 0 Å². The van der Waals surface area contributed by atoms with E-state index < -0.39 is 0 Å². The summed E-state index contributed by atoms with van der Waals surface area (Å²) in [7, 11) is 0. The lowest BCUT2D eigenvalue weighted by molar-refractivity contribution is 0.120. The summed E-state index contributed by atoms with van der Waals surface area (Å²) in [5, 5.41) is 9.77. The maximum Gasteiger partial charge on any atom is 0.0573 e. The van der Waals surface area contributed by atoms with Gasteiger partial charge in [-0.15, -0.1) is 0 Å². The molecule has 0 aliphatic heterocycles. The number of hydrogen-bond donors (Lipinski definition) is 1. The molecule has 0 heterocycles. The molecular formula is C11H22O. The van der Waals surface area contributed by atoms with Crippen molar-refractivity contribution >= 4 is 0 Å². The largest absolute Gasteiger partial charge is 0.393 e. The van der Waals surface area contributed by atoms with Gasteiger partial charge in [-0.3, -0.25) is 0 Å². The molecule has 0 spiro atoms. The van der Waals surface area contributed by atoms with Crippen molar-refractivity contribution < 1.29 is 5.11 Å². The summed E-state index contributed by atoms with van der Waals surface area (Å²) in [6.07, 6.45) is 3.33. The van der Waals surface area contributed by atoms with Crippen LogP contribution in [0.15, 0.2) is 0 Å². The maximum atomic E-state index is 9.77. The monoisotopic (exact) mass is 170 g/mol. The second-order valence-electron chi connectivity index (χ2n) is 5.34. The van der Waals surface area contributed by atoms with Crippen LogP contribution in [0.2, 0.25) is 0 Å². The molecule has 2 unspecified atom stereocenters. The van der Waals surface area contributed by atoms with E-state index in [1.165, 1.54) is 6.42 Å². The predicted molar refractivity (Wildman–Crippen MR) is 52.0 cm³/mol. The van der Waals surface area contributed by atoms with Gasteiger partial charge in [-0.05, 0) is 36.5 Å². The van der Waals surface area contributed by atoms with Crippen LogP contribution in [0, 0.1) is 17.3 Å². The summed E-state index contributed by atoms with van der Waals surface area (Å²) in [5.74, 6) is 1.30. The lowest BCUT2D eigenvalue weighted by Crippen LogP contribution is -2.13. The average Bonchev–Trinajstić information content (AvgIpc) is 2.55. The standard InChI is InChI=1S/C11H22O/c1-8(2)5-6-10(12)9-7-11(9,3)4/h8-10,12H,5-7H2,1-4H3. The Kier molecular flexibility index (Phi) is 2.82. The highest BCUT2D eigenvalue weighted by molar-refractivity contribution is 4.98. The highest BCUT2D eigenvalue weighted by Crippen LogP contribution is 2.54. The van der Waals surface area contributed by atoms with Crippen LogP contribution in [0.3, 0.4) is 0 Å². The van der Waals surface area contributed by atoms with Crippen molar-refractivity contribution in [1.82, 2.24) is 0 Å². The van der Waals surface area contributed by atoms with Crippen molar-refractivity contribution in [1.29, 1.82) is 0 Å². The van der Waals surface area contributed by atoms with E-state index in [0.29, 0.717) is 11.3 Å². The van der Waals surface area contributed by atoms with Gasteiger partial charge in [-0.25, -0.2) is 0 Å². The van der Waals surface area contributed by atoms with Crippen molar-refractivity contribution in [2.75, 3.05) is 0 Å². The molecule has 1 aliphatic carbocycles. The van der Waals surface area contributed by atoms with Crippen LogP contribution < -0.4 is 0 Å². The Morgan fingerprint density at radius 2 is 1.83 bits per heavy atom. The Balaban J connectivity index is 2.18. The summed E-state index contributed by atoms with van der Waals surface area (Å²) in [6, 6.07) is 0. The van der Waals surface area contributed by atoms with Crippen LogP contribution >= 0.6 is 0 Å². The Labute approximate surface area is 76.2 Å². The Bertz CT molecular complexity index is 149. The number of aliphatic hydroxyl groups is 1. The first kappa shape index (κ1) is 10.0. The van der Waals surface area contributed by atoms with Gasteiger partial charge in [0.2, 0.25) is 0 Å². The molecule has 12 heavy (non-hydrogen) atoms. The van der Waals surface area contributed by atoms with Crippen molar-refractivity contribution in [3.63, 3.8) is 0 Å². The van der Waals surface area contributed by atoms with Crippen LogP contribution in [-0.4, -0.2) is 11.2 Å². The van der Waals surface area contributed by atoms with Gasteiger partial charge in [0.05, 0.1) is 6.10 Å². The Morgan fingerprint density at radius 1 is 1.33 bits per heavy atom. The molecule has 0 aromatic heterocycles. The molecule has 0 radical (unpaired) electrons. The molecule has 0 saturated heterocycles. The second kappa shape index (κ2) is 3.37. The van der Waals surface area contributed by atoms with Crippen molar-refractivity contribution in [2.45, 2.75) is 53.1 Å². The fraction of sp³-hybridized carbons (Fsp3) is 1.00. The maximum absolute atomic E-state index is 9.77. The quantitative estimate of drug-likeness (QED) is 0.688. The van der Waals surface area contributed by atoms with Gasteiger partial charge in [0.1, 0.15) is 0 Å². The summed E-state index contributed by atoms with van der Waals surface area (Å²) in [5.41, 5.74) is 0.427. The highest BCUT2D eigenvalue weighted by Gasteiger charge is 2.49. The van der Waals surface area contributed by atoms with Gasteiger partial charge < -0.3 is 5.11 Å². The van der Waals surface area contributed by atoms with Gasteiger partial charge in [0.15, 0.2) is 0 Å². The fourth-order valence-corrected chi connectivity index (χ4v) is 1.87. The topological polar surface area (TPSA) is 20.2 Å². The van der Waals surface area contributed by atoms with E-state index in [4.69, 9.17) is 0 Å². The average molecular weight is 170 g/mol. The second-order valence-corrected chi connectivity index (χ2v) is 5.34. The van der Waals surface area contributed by atoms with Gasteiger partial charge in [-0.2, -0.15) is 0 Å².